The highest BCUT2D eigenvalue weighted by Gasteiger charge is 2.18. The van der Waals surface area contributed by atoms with Crippen molar-refractivity contribution in [2.24, 2.45) is 0 Å². The number of thioether (sulfide) groups is 1. The topological polar surface area (TPSA) is 98.1 Å². The fourth-order valence-electron chi connectivity index (χ4n) is 3.66. The molecule has 0 radical (unpaired) electrons. The van der Waals surface area contributed by atoms with Crippen molar-refractivity contribution in [1.82, 2.24) is 20.1 Å². The molecule has 11 heteroatoms. The van der Waals surface area contributed by atoms with Gasteiger partial charge in [0, 0.05) is 11.3 Å². The van der Waals surface area contributed by atoms with Crippen LogP contribution in [0.25, 0.3) is 5.69 Å². The van der Waals surface area contributed by atoms with Gasteiger partial charge < -0.3 is 15.4 Å². The monoisotopic (exact) mass is 583 g/mol. The van der Waals surface area contributed by atoms with Crippen LogP contribution in [0.1, 0.15) is 34.2 Å². The molecule has 0 aliphatic carbocycles. The Labute approximate surface area is 241 Å². The number of ether oxygens (including phenoxy) is 1. The number of aryl methyl sites for hydroxylation is 2. The van der Waals surface area contributed by atoms with E-state index >= 15 is 0 Å². The molecule has 39 heavy (non-hydrogen) atoms. The normalized spacial score (nSPS) is 10.8. The van der Waals surface area contributed by atoms with Crippen LogP contribution in [0.2, 0.25) is 10.0 Å². The first-order valence-corrected chi connectivity index (χ1v) is 13.9. The van der Waals surface area contributed by atoms with Gasteiger partial charge in [-0.25, -0.2) is 0 Å². The first-order chi connectivity index (χ1) is 18.7. The van der Waals surface area contributed by atoms with E-state index in [2.05, 4.69) is 20.8 Å². The molecule has 2 N–H and O–H groups in total. The predicted octanol–water partition coefficient (Wildman–Crippen LogP) is 6.25. The number of benzene rings is 3. The summed E-state index contributed by atoms with van der Waals surface area (Å²) in [5.41, 5.74) is 4.01. The number of carbonyl (C=O) groups is 2. The van der Waals surface area contributed by atoms with Crippen LogP contribution in [0.5, 0.6) is 5.75 Å². The Morgan fingerprint density at radius 1 is 0.949 bits per heavy atom. The minimum absolute atomic E-state index is 0.0850. The quantitative estimate of drug-likeness (QED) is 0.214. The maximum absolute atomic E-state index is 12.8. The summed E-state index contributed by atoms with van der Waals surface area (Å²) in [5, 5.41) is 15.6. The third-order valence-electron chi connectivity index (χ3n) is 5.82. The van der Waals surface area contributed by atoms with Crippen LogP contribution in [-0.2, 0) is 11.3 Å². The van der Waals surface area contributed by atoms with E-state index in [0.29, 0.717) is 44.6 Å². The van der Waals surface area contributed by atoms with Gasteiger partial charge in [-0.3, -0.25) is 14.2 Å². The Morgan fingerprint density at radius 3 is 2.41 bits per heavy atom. The molecule has 0 bridgehead atoms. The van der Waals surface area contributed by atoms with Gasteiger partial charge in [-0.15, -0.1) is 10.2 Å². The van der Waals surface area contributed by atoms with Gasteiger partial charge in [-0.05, 0) is 86.5 Å². The molecule has 4 rings (SSSR count). The zero-order chi connectivity index (χ0) is 27.9. The fourth-order valence-corrected chi connectivity index (χ4v) is 4.73. The zero-order valence-electron chi connectivity index (χ0n) is 21.6. The third kappa shape index (κ3) is 7.32. The molecule has 0 saturated carbocycles. The number of carbonyl (C=O) groups excluding carboxylic acids is 2. The van der Waals surface area contributed by atoms with Crippen LogP contribution in [-0.4, -0.2) is 38.9 Å². The van der Waals surface area contributed by atoms with Gasteiger partial charge in [-0.1, -0.05) is 41.0 Å². The SMILES string of the molecule is CCOc1ccc(NC(=O)CSc2nnc(CNC(=O)c3ccc(C)c(C)c3)n2-c2ccc(Cl)c(Cl)c2)cc1. The van der Waals surface area contributed by atoms with Gasteiger partial charge >= 0.3 is 0 Å². The summed E-state index contributed by atoms with van der Waals surface area (Å²) in [6.07, 6.45) is 0. The largest absolute Gasteiger partial charge is 0.494 e. The molecule has 0 saturated heterocycles. The van der Waals surface area contributed by atoms with Gasteiger partial charge in [0.25, 0.3) is 5.91 Å². The first-order valence-electron chi connectivity index (χ1n) is 12.2. The number of anilines is 1. The van der Waals surface area contributed by atoms with Crippen molar-refractivity contribution >= 4 is 52.5 Å². The molecular formula is C28H27Cl2N5O3S. The van der Waals surface area contributed by atoms with Crippen LogP contribution in [0.4, 0.5) is 5.69 Å². The summed E-state index contributed by atoms with van der Waals surface area (Å²) in [6, 6.07) is 17.8. The zero-order valence-corrected chi connectivity index (χ0v) is 24.0. The van der Waals surface area contributed by atoms with Crippen molar-refractivity contribution in [2.75, 3.05) is 17.7 Å². The molecule has 0 aliphatic heterocycles. The molecule has 3 aromatic carbocycles. The Balaban J connectivity index is 1.50. The van der Waals surface area contributed by atoms with E-state index < -0.39 is 0 Å². The van der Waals surface area contributed by atoms with E-state index in [1.165, 1.54) is 11.8 Å². The lowest BCUT2D eigenvalue weighted by Crippen LogP contribution is -2.24. The van der Waals surface area contributed by atoms with Gasteiger partial charge in [0.15, 0.2) is 11.0 Å². The smallest absolute Gasteiger partial charge is 0.251 e. The lowest BCUT2D eigenvalue weighted by molar-refractivity contribution is -0.113. The van der Waals surface area contributed by atoms with Crippen LogP contribution in [0, 0.1) is 13.8 Å². The van der Waals surface area contributed by atoms with Crippen molar-refractivity contribution in [1.29, 1.82) is 0 Å². The minimum atomic E-state index is -0.231. The molecule has 0 spiro atoms. The summed E-state index contributed by atoms with van der Waals surface area (Å²) in [7, 11) is 0. The number of hydrogen-bond donors (Lipinski definition) is 2. The number of hydrogen-bond acceptors (Lipinski definition) is 6. The second-order valence-electron chi connectivity index (χ2n) is 8.61. The van der Waals surface area contributed by atoms with Crippen molar-refractivity contribution in [3.63, 3.8) is 0 Å². The van der Waals surface area contributed by atoms with Gasteiger partial charge in [0.05, 0.1) is 34.6 Å². The first kappa shape index (κ1) is 28.5. The van der Waals surface area contributed by atoms with E-state index in [1.54, 1.807) is 53.1 Å². The summed E-state index contributed by atoms with van der Waals surface area (Å²) < 4.78 is 7.18. The maximum atomic E-state index is 12.8. The number of amides is 2. The predicted molar refractivity (Wildman–Crippen MR) is 155 cm³/mol. The minimum Gasteiger partial charge on any atom is -0.494 e. The molecule has 4 aromatic rings. The van der Waals surface area contributed by atoms with Crippen molar-refractivity contribution in [2.45, 2.75) is 32.5 Å². The van der Waals surface area contributed by atoms with E-state index in [0.717, 1.165) is 16.9 Å². The van der Waals surface area contributed by atoms with E-state index in [1.807, 2.05) is 32.9 Å². The standard InChI is InChI=1S/C28H27Cl2N5O3S/c1-4-38-22-10-7-20(8-11-22)32-26(36)16-39-28-34-33-25(35(28)21-9-12-23(29)24(30)14-21)15-31-27(37)19-6-5-17(2)18(3)13-19/h5-14H,4,15-16H2,1-3H3,(H,31,37)(H,32,36). The molecule has 0 unspecified atom stereocenters. The lowest BCUT2D eigenvalue weighted by atomic mass is 10.1. The number of halogens is 2. The molecular weight excluding hydrogens is 557 g/mol. The second kappa shape index (κ2) is 13.0. The van der Waals surface area contributed by atoms with Crippen molar-refractivity contribution in [3.05, 3.63) is 93.2 Å². The molecule has 8 nitrogen and oxygen atoms in total. The summed E-state index contributed by atoms with van der Waals surface area (Å²) in [4.78, 5) is 25.5. The molecule has 0 atom stereocenters. The Morgan fingerprint density at radius 2 is 1.72 bits per heavy atom. The average molecular weight is 585 g/mol. The van der Waals surface area contributed by atoms with Crippen molar-refractivity contribution < 1.29 is 14.3 Å². The molecule has 1 aromatic heterocycles. The third-order valence-corrected chi connectivity index (χ3v) is 7.49. The molecule has 1 heterocycles. The maximum Gasteiger partial charge on any atom is 0.251 e. The molecule has 2 amide bonds. The van der Waals surface area contributed by atoms with E-state index in [4.69, 9.17) is 27.9 Å². The highest BCUT2D eigenvalue weighted by atomic mass is 35.5. The number of aromatic nitrogens is 3. The lowest BCUT2D eigenvalue weighted by Gasteiger charge is -2.12. The Kier molecular flexibility index (Phi) is 9.50. The second-order valence-corrected chi connectivity index (χ2v) is 10.4. The number of rotatable bonds is 10. The number of nitrogens with one attached hydrogen (secondary N) is 2. The van der Waals surface area contributed by atoms with Crippen LogP contribution in [0.15, 0.2) is 65.8 Å². The van der Waals surface area contributed by atoms with E-state index in [-0.39, 0.29) is 24.1 Å². The highest BCUT2D eigenvalue weighted by Crippen LogP contribution is 2.28. The van der Waals surface area contributed by atoms with Gasteiger partial charge in [0.2, 0.25) is 5.91 Å². The average Bonchev–Trinajstić information content (AvgIpc) is 3.33. The Bertz CT molecular complexity index is 1490. The summed E-state index contributed by atoms with van der Waals surface area (Å²) in [6.45, 7) is 6.54. The molecule has 0 fully saturated rings. The van der Waals surface area contributed by atoms with Gasteiger partial charge in [-0.2, -0.15) is 0 Å². The summed E-state index contributed by atoms with van der Waals surface area (Å²) in [5.74, 6) is 0.849. The van der Waals surface area contributed by atoms with Gasteiger partial charge in [0.1, 0.15) is 5.75 Å². The highest BCUT2D eigenvalue weighted by molar-refractivity contribution is 7.99. The Hall–Kier alpha value is -3.53. The molecule has 0 aliphatic rings. The van der Waals surface area contributed by atoms with Crippen LogP contribution in [0.3, 0.4) is 0 Å². The number of nitrogens with zero attached hydrogens (tertiary/aromatic N) is 3. The van der Waals surface area contributed by atoms with E-state index in [9.17, 15) is 9.59 Å². The van der Waals surface area contributed by atoms with Crippen LogP contribution >= 0.6 is 35.0 Å². The van der Waals surface area contributed by atoms with Crippen LogP contribution < -0.4 is 15.4 Å². The molecule has 202 valence electrons. The summed E-state index contributed by atoms with van der Waals surface area (Å²) >= 11 is 13.6. The fraction of sp³-hybridized carbons (Fsp3) is 0.214. The van der Waals surface area contributed by atoms with Crippen molar-refractivity contribution in [3.8, 4) is 11.4 Å².